The van der Waals surface area contributed by atoms with Crippen LogP contribution in [0.25, 0.3) is 17.1 Å². The fourth-order valence-corrected chi connectivity index (χ4v) is 2.31. The Labute approximate surface area is 128 Å². The van der Waals surface area contributed by atoms with Crippen molar-refractivity contribution in [3.05, 3.63) is 57.3 Å². The lowest BCUT2D eigenvalue weighted by molar-refractivity contribution is 0.474. The maximum atomic E-state index is 11.9. The average Bonchev–Trinajstić information content (AvgIpc) is 2.81. The fourth-order valence-electron chi connectivity index (χ4n) is 1.78. The van der Waals surface area contributed by atoms with Gasteiger partial charge in [0, 0.05) is 18.0 Å². The van der Waals surface area contributed by atoms with Gasteiger partial charge < -0.3 is 9.52 Å². The van der Waals surface area contributed by atoms with Gasteiger partial charge in [0.1, 0.15) is 11.4 Å². The first-order valence-corrected chi connectivity index (χ1v) is 6.51. The Morgan fingerprint density at radius 2 is 1.90 bits per heavy atom. The molecule has 0 saturated heterocycles. The Morgan fingerprint density at radius 3 is 2.57 bits per heavy atom. The van der Waals surface area contributed by atoms with Crippen molar-refractivity contribution in [2.24, 2.45) is 0 Å². The molecule has 0 atom stereocenters. The van der Waals surface area contributed by atoms with Gasteiger partial charge in [0.05, 0.1) is 10.0 Å². The second-order valence-electron chi connectivity index (χ2n) is 4.09. The van der Waals surface area contributed by atoms with Crippen molar-refractivity contribution < 1.29 is 9.52 Å². The molecule has 0 radical (unpaired) electrons. The highest BCUT2D eigenvalue weighted by Gasteiger charge is 2.17. The van der Waals surface area contributed by atoms with Crippen LogP contribution in [-0.2, 0) is 0 Å². The summed E-state index contributed by atoms with van der Waals surface area (Å²) in [7, 11) is 0. The van der Waals surface area contributed by atoms with E-state index in [-0.39, 0.29) is 27.4 Å². The zero-order valence-electron chi connectivity index (χ0n) is 10.3. The van der Waals surface area contributed by atoms with Gasteiger partial charge in [-0.05, 0) is 18.2 Å². The molecule has 0 aliphatic rings. The molecule has 0 saturated carbocycles. The van der Waals surface area contributed by atoms with Crippen molar-refractivity contribution in [2.75, 3.05) is 0 Å². The number of phenols is 1. The van der Waals surface area contributed by atoms with Gasteiger partial charge in [-0.25, -0.2) is 4.79 Å². The van der Waals surface area contributed by atoms with E-state index in [9.17, 15) is 9.90 Å². The van der Waals surface area contributed by atoms with Gasteiger partial charge in [0.2, 0.25) is 5.89 Å². The number of benzene rings is 1. The van der Waals surface area contributed by atoms with Crippen LogP contribution in [0.4, 0.5) is 0 Å². The van der Waals surface area contributed by atoms with E-state index in [1.807, 2.05) is 0 Å². The lowest BCUT2D eigenvalue weighted by atomic mass is 10.2. The summed E-state index contributed by atoms with van der Waals surface area (Å²) in [5, 5.41) is 13.8. The third-order valence-electron chi connectivity index (χ3n) is 2.68. The van der Waals surface area contributed by atoms with Crippen LogP contribution in [-0.4, -0.2) is 19.9 Å². The van der Waals surface area contributed by atoms with Crippen LogP contribution in [0.2, 0.25) is 10.0 Å². The predicted molar refractivity (Wildman–Crippen MR) is 77.0 cm³/mol. The number of nitrogens with zero attached hydrogens (tertiary/aromatic N) is 3. The van der Waals surface area contributed by atoms with E-state index in [1.165, 1.54) is 24.5 Å². The molecule has 0 aliphatic heterocycles. The normalized spacial score (nSPS) is 10.8. The number of pyridine rings is 1. The van der Waals surface area contributed by atoms with Crippen molar-refractivity contribution >= 4 is 23.2 Å². The third kappa shape index (κ3) is 2.51. The molecule has 0 bridgehead atoms. The summed E-state index contributed by atoms with van der Waals surface area (Å²) in [6.07, 6.45) is 2.69. The molecule has 0 aliphatic carbocycles. The zero-order chi connectivity index (χ0) is 15.0. The van der Waals surface area contributed by atoms with Crippen LogP contribution in [0, 0.1) is 0 Å². The van der Waals surface area contributed by atoms with Gasteiger partial charge in [0.15, 0.2) is 0 Å². The van der Waals surface area contributed by atoms with Crippen LogP contribution >= 0.6 is 23.2 Å². The highest BCUT2D eigenvalue weighted by atomic mass is 35.5. The van der Waals surface area contributed by atoms with Crippen LogP contribution in [0.3, 0.4) is 0 Å². The Hall–Kier alpha value is -2.31. The molecule has 1 aromatic carbocycles. The Bertz CT molecular complexity index is 853. The topological polar surface area (TPSA) is 81.1 Å². The van der Waals surface area contributed by atoms with Gasteiger partial charge in [0.25, 0.3) is 0 Å². The van der Waals surface area contributed by atoms with E-state index in [2.05, 4.69) is 10.1 Å². The van der Waals surface area contributed by atoms with E-state index >= 15 is 0 Å². The largest absolute Gasteiger partial charge is 0.508 e. The first kappa shape index (κ1) is 13.7. The second kappa shape index (κ2) is 5.23. The first-order valence-electron chi connectivity index (χ1n) is 5.75. The number of rotatable bonds is 2. The summed E-state index contributed by atoms with van der Waals surface area (Å²) in [6, 6.07) is 6.17. The smallest absolute Gasteiger partial charge is 0.442 e. The van der Waals surface area contributed by atoms with Crippen molar-refractivity contribution in [2.45, 2.75) is 0 Å². The number of hydrogen-bond acceptors (Lipinski definition) is 5. The number of halogens is 2. The van der Waals surface area contributed by atoms with Gasteiger partial charge in [-0.3, -0.25) is 4.98 Å². The molecular weight excluding hydrogens is 317 g/mol. The highest BCUT2D eigenvalue weighted by molar-refractivity contribution is 6.37. The number of hydrogen-bond donors (Lipinski definition) is 1. The predicted octanol–water partition coefficient (Wildman–Crippen LogP) is 2.90. The van der Waals surface area contributed by atoms with Crippen molar-refractivity contribution in [1.29, 1.82) is 0 Å². The molecule has 8 heteroatoms. The fraction of sp³-hybridized carbons (Fsp3) is 0. The van der Waals surface area contributed by atoms with Gasteiger partial charge in [-0.1, -0.05) is 29.3 Å². The summed E-state index contributed by atoms with van der Waals surface area (Å²) < 4.78 is 6.02. The number of aromatic nitrogens is 3. The maximum absolute atomic E-state index is 11.9. The summed E-state index contributed by atoms with van der Waals surface area (Å²) in [6.45, 7) is 0. The maximum Gasteiger partial charge on any atom is 0.442 e. The Kier molecular flexibility index (Phi) is 3.40. The van der Waals surface area contributed by atoms with Crippen molar-refractivity contribution in [1.82, 2.24) is 14.8 Å². The molecule has 1 N–H and O–H groups in total. The lowest BCUT2D eigenvalue weighted by Crippen LogP contribution is -2.14. The molecule has 3 aromatic rings. The monoisotopic (exact) mass is 323 g/mol. The average molecular weight is 324 g/mol. The van der Waals surface area contributed by atoms with Gasteiger partial charge in [-0.2, -0.15) is 4.68 Å². The van der Waals surface area contributed by atoms with E-state index in [1.54, 1.807) is 12.1 Å². The second-order valence-corrected chi connectivity index (χ2v) is 4.90. The minimum Gasteiger partial charge on any atom is -0.508 e. The Balaban J connectivity index is 2.17. The molecule has 2 aromatic heterocycles. The molecule has 3 rings (SSSR count). The van der Waals surface area contributed by atoms with Crippen molar-refractivity contribution in [3.63, 3.8) is 0 Å². The molecule has 0 spiro atoms. The van der Waals surface area contributed by atoms with Crippen molar-refractivity contribution in [3.8, 4) is 22.9 Å². The molecular formula is C13H7Cl2N3O3. The third-order valence-corrected chi connectivity index (χ3v) is 3.23. The number of phenolic OH excluding ortho intramolecular Hbond substituents is 1. The van der Waals surface area contributed by atoms with E-state index < -0.39 is 5.76 Å². The van der Waals surface area contributed by atoms with Crippen LogP contribution in [0.1, 0.15) is 0 Å². The molecule has 2 heterocycles. The molecule has 6 nitrogen and oxygen atoms in total. The van der Waals surface area contributed by atoms with E-state index in [4.69, 9.17) is 27.6 Å². The van der Waals surface area contributed by atoms with Crippen LogP contribution < -0.4 is 5.76 Å². The summed E-state index contributed by atoms with van der Waals surface area (Å²) in [5.41, 5.74) is 0.639. The lowest BCUT2D eigenvalue weighted by Gasteiger charge is -2.02. The quantitative estimate of drug-likeness (QED) is 0.784. The van der Waals surface area contributed by atoms with Crippen LogP contribution in [0.15, 0.2) is 45.9 Å². The summed E-state index contributed by atoms with van der Waals surface area (Å²) >= 11 is 12.0. The highest BCUT2D eigenvalue weighted by Crippen LogP contribution is 2.27. The zero-order valence-corrected chi connectivity index (χ0v) is 11.8. The number of aromatic hydroxyl groups is 1. The minimum atomic E-state index is -0.747. The Morgan fingerprint density at radius 1 is 1.19 bits per heavy atom. The minimum absolute atomic E-state index is 0.0321. The molecule has 0 unspecified atom stereocenters. The SMILES string of the molecule is O=c1oc(-c2cccc(O)c2)nn1-c1c(Cl)cncc1Cl. The van der Waals surface area contributed by atoms with Gasteiger partial charge >= 0.3 is 5.76 Å². The summed E-state index contributed by atoms with van der Waals surface area (Å²) in [4.78, 5) is 15.7. The molecule has 106 valence electrons. The van der Waals surface area contributed by atoms with E-state index in [0.29, 0.717) is 5.56 Å². The van der Waals surface area contributed by atoms with Gasteiger partial charge in [-0.15, -0.1) is 5.10 Å². The van der Waals surface area contributed by atoms with E-state index in [0.717, 1.165) is 4.68 Å². The molecule has 0 amide bonds. The molecule has 0 fully saturated rings. The molecule has 21 heavy (non-hydrogen) atoms. The van der Waals surface area contributed by atoms with Crippen LogP contribution in [0.5, 0.6) is 5.75 Å². The summed E-state index contributed by atoms with van der Waals surface area (Å²) in [5.74, 6) is -0.673. The standard InChI is InChI=1S/C13H7Cl2N3O3/c14-9-5-16-6-10(15)11(9)18-13(20)21-12(17-18)7-2-1-3-8(19)4-7/h1-6,19H. The first-order chi connectivity index (χ1) is 10.1.